The van der Waals surface area contributed by atoms with Crippen molar-refractivity contribution in [3.05, 3.63) is 229 Å². The van der Waals surface area contributed by atoms with Crippen LogP contribution in [-0.4, -0.2) is 67.9 Å². The highest BCUT2D eigenvalue weighted by molar-refractivity contribution is 6.15. The van der Waals surface area contributed by atoms with Gasteiger partial charge in [0.25, 0.3) is 0 Å². The van der Waals surface area contributed by atoms with Crippen molar-refractivity contribution in [1.82, 2.24) is 0 Å². The lowest BCUT2D eigenvalue weighted by Gasteiger charge is -2.16. The van der Waals surface area contributed by atoms with Crippen LogP contribution >= 0.6 is 0 Å². The summed E-state index contributed by atoms with van der Waals surface area (Å²) in [5, 5.41) is 81.2. The number of phenols is 6. The Kier molecular flexibility index (Phi) is 30.3. The van der Waals surface area contributed by atoms with Gasteiger partial charge in [-0.05, 0) is 113 Å². The second-order valence-electron chi connectivity index (χ2n) is 17.6. The minimum absolute atomic E-state index is 0.0123. The van der Waals surface area contributed by atoms with Crippen molar-refractivity contribution in [3.8, 4) is 56.8 Å². The molecule has 0 aliphatic heterocycles. The number of aromatic hydroxyl groups is 6. The fourth-order valence-electron chi connectivity index (χ4n) is 9.33. The Hall–Kier alpha value is -10.6. The van der Waals surface area contributed by atoms with E-state index in [1.807, 2.05) is 223 Å². The van der Waals surface area contributed by atoms with Crippen molar-refractivity contribution in [3.63, 3.8) is 0 Å². The van der Waals surface area contributed by atoms with Gasteiger partial charge in [-0.2, -0.15) is 0 Å². The third-order valence-corrected chi connectivity index (χ3v) is 13.0. The molecule has 0 saturated heterocycles. The summed E-state index contributed by atoms with van der Waals surface area (Å²) in [5.74, 6) is -2.64. The van der Waals surface area contributed by atoms with E-state index in [0.29, 0.717) is 38.8 Å². The summed E-state index contributed by atoms with van der Waals surface area (Å²) >= 11 is 0. The van der Waals surface area contributed by atoms with Crippen molar-refractivity contribution in [2.45, 2.75) is 83.1 Å². The summed E-state index contributed by atoms with van der Waals surface area (Å²) in [4.78, 5) is 35.0. The number of esters is 2. The Morgan fingerprint density at radius 3 is 0.978 bits per heavy atom. The molecule has 12 nitrogen and oxygen atoms in total. The molecule has 0 atom stereocenters. The Morgan fingerprint density at radius 1 is 0.281 bits per heavy atom. The van der Waals surface area contributed by atoms with E-state index in [2.05, 4.69) is 4.74 Å². The number of fused-ring (bicyclic) bond motifs is 6. The van der Waals surface area contributed by atoms with Gasteiger partial charge in [0.2, 0.25) is 0 Å². The SMILES string of the molecule is CC.CC.CC.CC.CC.CC.COC(=O)c1cc2ccccc2c(-c2c(O)ccc3ccccc23)c1O.COC(=O)c1cc2ccccc2cc1O.O=C(O)c1cc2ccccc2c(-c2c(O)ccc3ccccc23)c1O.Oc1ccc2ccccc2c1. The van der Waals surface area contributed by atoms with Crippen LogP contribution < -0.4 is 0 Å². The number of phenolic OH excluding ortho intramolecular Hbond substituents is 5. The number of hydrogen-bond acceptors (Lipinski definition) is 11. The van der Waals surface area contributed by atoms with Crippen molar-refractivity contribution >= 4 is 82.5 Å². The van der Waals surface area contributed by atoms with E-state index in [4.69, 9.17) is 9.84 Å². The first-order chi connectivity index (χ1) is 43.3. The largest absolute Gasteiger partial charge is 0.508 e. The quantitative estimate of drug-likeness (QED) is 0.0803. The van der Waals surface area contributed by atoms with Crippen LogP contribution in [0.3, 0.4) is 0 Å². The molecule has 0 bridgehead atoms. The molecule has 0 aliphatic carbocycles. The average Bonchev–Trinajstić information content (AvgIpc) is 2.53. The summed E-state index contributed by atoms with van der Waals surface area (Å²) in [7, 11) is 2.56. The lowest BCUT2D eigenvalue weighted by Crippen LogP contribution is -2.03. The van der Waals surface area contributed by atoms with Crippen LogP contribution in [0.4, 0.5) is 0 Å². The maximum atomic E-state index is 12.2. The highest BCUT2D eigenvalue weighted by atomic mass is 16.5. The zero-order valence-electron chi connectivity index (χ0n) is 53.4. The van der Waals surface area contributed by atoms with Gasteiger partial charge in [0.1, 0.15) is 51.2 Å². The number of aromatic carboxylic acids is 1. The zero-order chi connectivity index (χ0) is 66.3. The smallest absolute Gasteiger partial charge is 0.341 e. The Labute approximate surface area is 522 Å². The summed E-state index contributed by atoms with van der Waals surface area (Å²) in [5.41, 5.74) is 1.71. The number of carbonyl (C=O) groups excluding carboxylic acids is 2. The fourth-order valence-corrected chi connectivity index (χ4v) is 9.33. The molecule has 7 N–H and O–H groups in total. The molecule has 0 unspecified atom stereocenters. The minimum atomic E-state index is -1.22. The van der Waals surface area contributed by atoms with E-state index in [0.717, 1.165) is 53.9 Å². The van der Waals surface area contributed by atoms with E-state index in [9.17, 15) is 45.0 Å². The molecule has 0 aromatic heterocycles. The van der Waals surface area contributed by atoms with Crippen LogP contribution in [0.5, 0.6) is 34.5 Å². The van der Waals surface area contributed by atoms with Crippen molar-refractivity contribution in [1.29, 1.82) is 0 Å². The second-order valence-corrected chi connectivity index (χ2v) is 17.6. The van der Waals surface area contributed by atoms with Crippen molar-refractivity contribution in [2.75, 3.05) is 14.2 Å². The molecule has 0 aliphatic rings. The molecule has 12 rings (SSSR count). The van der Waals surface area contributed by atoms with Gasteiger partial charge in [0.05, 0.1) is 14.2 Å². The van der Waals surface area contributed by atoms with E-state index < -0.39 is 17.9 Å². The van der Waals surface area contributed by atoms with Crippen LogP contribution in [0, 0.1) is 0 Å². The second kappa shape index (κ2) is 37.1. The lowest BCUT2D eigenvalue weighted by atomic mass is 9.90. The van der Waals surface area contributed by atoms with Gasteiger partial charge in [-0.3, -0.25) is 0 Å². The number of methoxy groups -OCH3 is 2. The molecular weight excluding hydrogens is 1120 g/mol. The average molecular weight is 1200 g/mol. The maximum Gasteiger partial charge on any atom is 0.341 e. The Balaban J connectivity index is 0.000000304. The number of ether oxygens (including phenoxy) is 2. The van der Waals surface area contributed by atoms with Gasteiger partial charge < -0.3 is 45.2 Å². The number of benzene rings is 12. The predicted octanol–water partition coefficient (Wildman–Crippen LogP) is 20.7. The monoisotopic (exact) mass is 1200 g/mol. The summed E-state index contributed by atoms with van der Waals surface area (Å²) < 4.78 is 9.38. The van der Waals surface area contributed by atoms with Gasteiger partial charge >= 0.3 is 17.9 Å². The number of rotatable bonds is 5. The van der Waals surface area contributed by atoms with E-state index in [1.54, 1.807) is 66.7 Å². The molecule has 12 aromatic rings. The van der Waals surface area contributed by atoms with Gasteiger partial charge in [-0.25, -0.2) is 14.4 Å². The molecular formula is C77H84O12. The Bertz CT molecular complexity index is 4240. The Morgan fingerprint density at radius 2 is 0.573 bits per heavy atom. The molecule has 0 radical (unpaired) electrons. The number of carboxylic acid groups (broad SMARTS) is 1. The molecule has 12 aromatic carbocycles. The van der Waals surface area contributed by atoms with Crippen molar-refractivity contribution in [2.24, 2.45) is 0 Å². The van der Waals surface area contributed by atoms with Crippen molar-refractivity contribution < 1.29 is 59.6 Å². The fraction of sp³-hybridized carbons (Fsp3) is 0.182. The summed E-state index contributed by atoms with van der Waals surface area (Å²) in [6.45, 7) is 24.0. The highest BCUT2D eigenvalue weighted by Gasteiger charge is 2.24. The summed E-state index contributed by atoms with van der Waals surface area (Å²) in [6, 6.07) is 63.5. The first-order valence-corrected chi connectivity index (χ1v) is 30.0. The predicted molar refractivity (Wildman–Crippen MR) is 369 cm³/mol. The van der Waals surface area contributed by atoms with Crippen LogP contribution in [0.2, 0.25) is 0 Å². The molecule has 0 fully saturated rings. The maximum absolute atomic E-state index is 12.2. The molecule has 0 heterocycles. The van der Waals surface area contributed by atoms with E-state index >= 15 is 0 Å². The first kappa shape index (κ1) is 72.7. The number of carboxylic acids is 1. The van der Waals surface area contributed by atoms with Crippen LogP contribution in [0.25, 0.3) is 86.9 Å². The molecule has 12 heteroatoms. The normalized spacial score (nSPS) is 9.69. The first-order valence-electron chi connectivity index (χ1n) is 30.0. The van der Waals surface area contributed by atoms with Gasteiger partial charge in [0, 0.05) is 22.3 Å². The van der Waals surface area contributed by atoms with Gasteiger partial charge in [0.15, 0.2) is 0 Å². The number of hydrogen-bond donors (Lipinski definition) is 7. The van der Waals surface area contributed by atoms with E-state index in [1.165, 1.54) is 20.3 Å². The summed E-state index contributed by atoms with van der Waals surface area (Å²) in [6.07, 6.45) is 0. The third kappa shape index (κ3) is 17.5. The highest BCUT2D eigenvalue weighted by Crippen LogP contribution is 2.48. The zero-order valence-corrected chi connectivity index (χ0v) is 53.4. The van der Waals surface area contributed by atoms with Gasteiger partial charge in [-0.1, -0.05) is 247 Å². The van der Waals surface area contributed by atoms with E-state index in [-0.39, 0.29) is 45.4 Å². The molecule has 89 heavy (non-hydrogen) atoms. The molecule has 464 valence electrons. The standard InChI is InChI=1S/C22H16O4.C21H14O4.C12H10O3.C10H8O.6C2H6/c1-26-22(25)17-12-14-7-3-5-9-16(14)20(21(17)24)19-15-8-4-2-6-13(15)10-11-18(19)23;22-17-10-9-12-5-1-3-7-14(12)18(17)19-15-8-4-2-6-13(15)11-16(20(19)23)21(24)25;1-15-12(14)10-6-8-4-2-3-5-9(8)7-11(10)13;11-10-6-5-8-3-1-2-4-9(8)7-10;6*1-2/h2-12,23-24H,1H3;1-11,22-23H,(H,24,25);2-7,13H,1H3;1-7,11H;6*1-2H3. The third-order valence-electron chi connectivity index (χ3n) is 13.0. The van der Waals surface area contributed by atoms with Crippen LogP contribution in [-0.2, 0) is 9.47 Å². The minimum Gasteiger partial charge on any atom is -0.508 e. The topological polar surface area (TPSA) is 211 Å². The lowest BCUT2D eigenvalue weighted by molar-refractivity contribution is 0.0588. The van der Waals surface area contributed by atoms with Crippen LogP contribution in [0.1, 0.15) is 114 Å². The number of carbonyl (C=O) groups is 3. The molecule has 0 spiro atoms. The molecule has 0 saturated carbocycles. The van der Waals surface area contributed by atoms with Crippen LogP contribution in [0.15, 0.2) is 212 Å². The van der Waals surface area contributed by atoms with Gasteiger partial charge in [-0.15, -0.1) is 0 Å². The molecule has 0 amide bonds.